The van der Waals surface area contributed by atoms with Crippen LogP contribution in [0.2, 0.25) is 5.28 Å². The molecule has 0 aromatic carbocycles. The minimum atomic E-state index is -1.27. The Morgan fingerprint density at radius 2 is 2.23 bits per heavy atom. The number of nitrogens with one attached hydrogen (secondary N) is 1. The van der Waals surface area contributed by atoms with Crippen molar-refractivity contribution in [2.24, 2.45) is 5.73 Å². The van der Waals surface area contributed by atoms with E-state index in [0.29, 0.717) is 0 Å². The van der Waals surface area contributed by atoms with Crippen LogP contribution >= 0.6 is 22.9 Å². The summed E-state index contributed by atoms with van der Waals surface area (Å²) >= 11 is 6.63. The van der Waals surface area contributed by atoms with Gasteiger partial charge in [0.15, 0.2) is 0 Å². The molecule has 0 aliphatic rings. The number of primary amides is 1. The van der Waals surface area contributed by atoms with Crippen LogP contribution in [0.5, 0.6) is 0 Å². The van der Waals surface area contributed by atoms with E-state index in [1.165, 1.54) is 11.4 Å². The molecule has 0 spiro atoms. The Hall–Kier alpha value is -2.79. The summed E-state index contributed by atoms with van der Waals surface area (Å²) in [5.74, 6) is -1.21. The molecule has 3 N–H and O–H groups in total. The third-order valence-corrected chi connectivity index (χ3v) is 3.26. The van der Waals surface area contributed by atoms with Gasteiger partial charge in [0.2, 0.25) is 11.1 Å². The molecule has 0 saturated carbocycles. The average molecular weight is 344 g/mol. The monoisotopic (exact) mass is 343 g/mol. The van der Waals surface area contributed by atoms with Crippen LogP contribution in [0, 0.1) is 10.1 Å². The Morgan fingerprint density at radius 3 is 2.86 bits per heavy atom. The van der Waals surface area contributed by atoms with Crippen LogP contribution in [0.4, 0.5) is 21.3 Å². The van der Waals surface area contributed by atoms with Crippen molar-refractivity contribution in [3.63, 3.8) is 0 Å². The Labute approximate surface area is 131 Å². The lowest BCUT2D eigenvalue weighted by atomic mass is 10.3. The number of ether oxygens (including phenoxy) is 1. The first-order chi connectivity index (χ1) is 10.4. The summed E-state index contributed by atoms with van der Waals surface area (Å²) < 4.78 is 4.25. The van der Waals surface area contributed by atoms with Gasteiger partial charge in [-0.1, -0.05) is 0 Å². The number of thiophene rings is 1. The van der Waals surface area contributed by atoms with Gasteiger partial charge in [0.1, 0.15) is 11.2 Å². The Bertz CT molecular complexity index is 764. The van der Waals surface area contributed by atoms with Gasteiger partial charge in [0.05, 0.1) is 10.5 Å². The van der Waals surface area contributed by atoms with E-state index in [4.69, 9.17) is 17.3 Å². The first kappa shape index (κ1) is 15.6. The van der Waals surface area contributed by atoms with Crippen molar-refractivity contribution in [1.29, 1.82) is 0 Å². The number of amides is 1. The van der Waals surface area contributed by atoms with E-state index in [-0.39, 0.29) is 21.7 Å². The van der Waals surface area contributed by atoms with Crippen LogP contribution in [0.3, 0.4) is 0 Å². The van der Waals surface area contributed by atoms with Crippen LogP contribution in [-0.2, 0) is 4.74 Å². The van der Waals surface area contributed by atoms with E-state index in [9.17, 15) is 19.7 Å². The topological polar surface area (TPSA) is 150 Å². The molecule has 2 aromatic heterocycles. The summed E-state index contributed by atoms with van der Waals surface area (Å²) in [4.78, 5) is 39.7. The van der Waals surface area contributed by atoms with Crippen LogP contribution in [0.25, 0.3) is 0 Å². The lowest BCUT2D eigenvalue weighted by molar-refractivity contribution is -0.384. The van der Waals surface area contributed by atoms with E-state index in [1.54, 1.807) is 0 Å². The quantitative estimate of drug-likeness (QED) is 0.281. The molecule has 10 nitrogen and oxygen atoms in total. The Morgan fingerprint density at radius 1 is 1.50 bits per heavy atom. The van der Waals surface area contributed by atoms with Crippen molar-refractivity contribution in [2.75, 3.05) is 5.32 Å². The molecule has 2 heterocycles. The van der Waals surface area contributed by atoms with Crippen LogP contribution in [0.15, 0.2) is 17.6 Å². The largest absolute Gasteiger partial charge is 0.412 e. The number of nitrogens with two attached hydrogens (primary N) is 1. The molecule has 0 aliphatic heterocycles. The van der Waals surface area contributed by atoms with E-state index in [2.05, 4.69) is 20.0 Å². The van der Waals surface area contributed by atoms with E-state index in [0.717, 1.165) is 17.5 Å². The predicted octanol–water partition coefficient (Wildman–Crippen LogP) is 2.08. The molecular formula is C10H6ClN5O5S. The number of aromatic nitrogens is 2. The van der Waals surface area contributed by atoms with Gasteiger partial charge in [-0.3, -0.25) is 10.1 Å². The summed E-state index contributed by atoms with van der Waals surface area (Å²) in [6.45, 7) is 0. The number of rotatable bonds is 4. The van der Waals surface area contributed by atoms with E-state index >= 15 is 0 Å². The smallest absolute Gasteiger partial charge is 0.373 e. The highest BCUT2D eigenvalue weighted by Crippen LogP contribution is 2.31. The number of nitro groups is 1. The van der Waals surface area contributed by atoms with Crippen LogP contribution < -0.4 is 11.1 Å². The molecule has 12 heteroatoms. The van der Waals surface area contributed by atoms with Gasteiger partial charge in [0.25, 0.3) is 0 Å². The Balaban J connectivity index is 2.35. The molecule has 0 radical (unpaired) electrons. The van der Waals surface area contributed by atoms with Crippen molar-refractivity contribution in [1.82, 2.24) is 9.97 Å². The summed E-state index contributed by atoms with van der Waals surface area (Å²) in [6, 6.07) is 1.35. The lowest BCUT2D eigenvalue weighted by Crippen LogP contribution is -2.18. The fourth-order valence-corrected chi connectivity index (χ4v) is 2.31. The van der Waals surface area contributed by atoms with Crippen molar-refractivity contribution < 1.29 is 19.2 Å². The van der Waals surface area contributed by atoms with Crippen molar-refractivity contribution in [2.45, 2.75) is 0 Å². The zero-order valence-electron chi connectivity index (χ0n) is 10.5. The number of hydrogen-bond donors (Lipinski definition) is 2. The first-order valence-electron chi connectivity index (χ1n) is 5.41. The maximum atomic E-state index is 11.7. The highest BCUT2D eigenvalue weighted by molar-refractivity contribution is 7.14. The predicted molar refractivity (Wildman–Crippen MR) is 76.3 cm³/mol. The Kier molecular flexibility index (Phi) is 4.48. The molecule has 0 aliphatic carbocycles. The van der Waals surface area contributed by atoms with Crippen molar-refractivity contribution in [3.8, 4) is 0 Å². The lowest BCUT2D eigenvalue weighted by Gasteiger charge is -2.06. The number of esters is 1. The number of carbonyl (C=O) groups is 2. The standard InChI is InChI=1S/C10H6ClN5O5S/c11-9-13-3-5(16(19)20)6(15-9)14-7-4(1-2-22-7)8(17)21-10(12)18/h1-3H,(H2,12,18)(H,13,14,15). The third-order valence-electron chi connectivity index (χ3n) is 2.25. The zero-order chi connectivity index (χ0) is 16.3. The number of anilines is 2. The highest BCUT2D eigenvalue weighted by Gasteiger charge is 2.22. The van der Waals surface area contributed by atoms with E-state index < -0.39 is 22.7 Å². The number of hydrogen-bond acceptors (Lipinski definition) is 9. The van der Waals surface area contributed by atoms with E-state index in [1.807, 2.05) is 0 Å². The molecule has 2 aromatic rings. The van der Waals surface area contributed by atoms with Gasteiger partial charge < -0.3 is 15.8 Å². The molecule has 0 bridgehead atoms. The maximum Gasteiger partial charge on any atom is 0.412 e. The molecule has 0 fully saturated rings. The van der Waals surface area contributed by atoms with Crippen LogP contribution in [-0.4, -0.2) is 27.0 Å². The summed E-state index contributed by atoms with van der Waals surface area (Å²) in [6.07, 6.45) is -0.342. The first-order valence-corrected chi connectivity index (χ1v) is 6.67. The highest BCUT2D eigenvalue weighted by atomic mass is 35.5. The number of halogens is 1. The van der Waals surface area contributed by atoms with Gasteiger partial charge in [-0.05, 0) is 23.0 Å². The maximum absolute atomic E-state index is 11.7. The van der Waals surface area contributed by atoms with Gasteiger partial charge >= 0.3 is 17.7 Å². The molecule has 1 amide bonds. The fourth-order valence-electron chi connectivity index (χ4n) is 1.40. The molecule has 0 unspecified atom stereocenters. The summed E-state index contributed by atoms with van der Waals surface area (Å²) in [5, 5.41) is 15.0. The van der Waals surface area contributed by atoms with Gasteiger partial charge in [-0.2, -0.15) is 4.98 Å². The average Bonchev–Trinajstić information content (AvgIpc) is 2.85. The summed E-state index contributed by atoms with van der Waals surface area (Å²) in [7, 11) is 0. The van der Waals surface area contributed by atoms with Gasteiger partial charge in [-0.15, -0.1) is 11.3 Å². The summed E-state index contributed by atoms with van der Waals surface area (Å²) in [5.41, 5.74) is 4.29. The van der Waals surface area contributed by atoms with Crippen molar-refractivity contribution in [3.05, 3.63) is 38.6 Å². The minimum absolute atomic E-state index is 0.0344. The normalized spacial score (nSPS) is 10.0. The van der Waals surface area contributed by atoms with Gasteiger partial charge in [0, 0.05) is 0 Å². The second-order valence-corrected chi connectivity index (χ2v) is 4.88. The molecule has 114 valence electrons. The number of nitrogens with zero attached hydrogens (tertiary/aromatic N) is 3. The SMILES string of the molecule is NC(=O)OC(=O)c1ccsc1Nc1nc(Cl)ncc1[N+](=O)[O-]. The minimum Gasteiger partial charge on any atom is -0.373 e. The molecule has 22 heavy (non-hydrogen) atoms. The second-order valence-electron chi connectivity index (χ2n) is 3.63. The molecular weight excluding hydrogens is 338 g/mol. The fraction of sp³-hybridized carbons (Fsp3) is 0. The molecule has 0 atom stereocenters. The molecule has 2 rings (SSSR count). The third kappa shape index (κ3) is 3.45. The van der Waals surface area contributed by atoms with Gasteiger partial charge in [-0.25, -0.2) is 14.6 Å². The molecule has 0 saturated heterocycles. The zero-order valence-corrected chi connectivity index (χ0v) is 12.1. The number of carbonyl (C=O) groups excluding carboxylic acids is 2. The van der Waals surface area contributed by atoms with Crippen molar-refractivity contribution >= 4 is 51.5 Å². The second kappa shape index (κ2) is 6.32. The van der Waals surface area contributed by atoms with Crippen LogP contribution in [0.1, 0.15) is 10.4 Å².